The molecule has 1 rings (SSSR count). The molecule has 2 N–H and O–H groups in total. The molecule has 4 nitrogen and oxygen atoms in total. The lowest BCUT2D eigenvalue weighted by Crippen LogP contribution is -2.26. The van der Waals surface area contributed by atoms with E-state index in [1.54, 1.807) is 32.0 Å². The van der Waals surface area contributed by atoms with E-state index in [4.69, 9.17) is 26.8 Å². The average Bonchev–Trinajstić information content (AvgIpc) is 2.22. The number of hydrogen-bond acceptors (Lipinski definition) is 4. The molecule has 1 aromatic rings. The number of nitrogen functional groups attached to an aromatic ring is 1. The lowest BCUT2D eigenvalue weighted by molar-refractivity contribution is -0.150. The number of carbonyl (C=O) groups excluding carboxylic acids is 1. The van der Waals surface area contributed by atoms with Crippen LogP contribution in [0.5, 0.6) is 5.75 Å². The molecule has 1 atom stereocenters. The van der Waals surface area contributed by atoms with Gasteiger partial charge in [0, 0.05) is 5.69 Å². The molecule has 88 valence electrons. The third kappa shape index (κ3) is 3.31. The van der Waals surface area contributed by atoms with Gasteiger partial charge in [0.1, 0.15) is 5.75 Å². The molecular formula is C11H14ClNO3. The van der Waals surface area contributed by atoms with Crippen LogP contribution < -0.4 is 10.5 Å². The maximum absolute atomic E-state index is 11.3. The molecule has 0 aliphatic carbocycles. The number of anilines is 1. The van der Waals surface area contributed by atoms with Gasteiger partial charge in [-0.3, -0.25) is 0 Å². The van der Waals surface area contributed by atoms with E-state index < -0.39 is 12.1 Å². The highest BCUT2D eigenvalue weighted by atomic mass is 35.5. The van der Waals surface area contributed by atoms with Gasteiger partial charge in [-0.1, -0.05) is 11.6 Å². The van der Waals surface area contributed by atoms with Crippen molar-refractivity contribution in [3.63, 3.8) is 0 Å². The van der Waals surface area contributed by atoms with Crippen LogP contribution in [0.2, 0.25) is 5.02 Å². The second-order valence-electron chi connectivity index (χ2n) is 3.20. The minimum atomic E-state index is -0.693. The van der Waals surface area contributed by atoms with Gasteiger partial charge in [0.05, 0.1) is 11.6 Å². The largest absolute Gasteiger partial charge is 0.477 e. The fraction of sp³-hybridized carbons (Fsp3) is 0.364. The van der Waals surface area contributed by atoms with Crippen molar-refractivity contribution in [1.82, 2.24) is 0 Å². The predicted octanol–water partition coefficient (Wildman–Crippen LogP) is 2.25. The van der Waals surface area contributed by atoms with Crippen molar-refractivity contribution < 1.29 is 14.3 Å². The summed E-state index contributed by atoms with van der Waals surface area (Å²) < 4.78 is 10.2. The fourth-order valence-electron chi connectivity index (χ4n) is 1.11. The first kappa shape index (κ1) is 12.6. The summed E-state index contributed by atoms with van der Waals surface area (Å²) in [6.07, 6.45) is -0.693. The Bertz CT molecular complexity index is 381. The molecule has 0 amide bonds. The van der Waals surface area contributed by atoms with Crippen LogP contribution in [0.15, 0.2) is 18.2 Å². The Kier molecular flexibility index (Phi) is 4.43. The van der Waals surface area contributed by atoms with E-state index in [2.05, 4.69) is 0 Å². The number of halogens is 1. The van der Waals surface area contributed by atoms with Crippen molar-refractivity contribution in [3.05, 3.63) is 23.2 Å². The van der Waals surface area contributed by atoms with Crippen molar-refractivity contribution >= 4 is 23.3 Å². The molecule has 0 spiro atoms. The summed E-state index contributed by atoms with van der Waals surface area (Å²) in [4.78, 5) is 11.3. The zero-order valence-electron chi connectivity index (χ0n) is 9.20. The second-order valence-corrected chi connectivity index (χ2v) is 3.61. The molecule has 0 heterocycles. The highest BCUT2D eigenvalue weighted by Crippen LogP contribution is 2.27. The van der Waals surface area contributed by atoms with Crippen LogP contribution in [0.25, 0.3) is 0 Å². The number of benzene rings is 1. The van der Waals surface area contributed by atoms with E-state index in [1.165, 1.54) is 0 Å². The smallest absolute Gasteiger partial charge is 0.347 e. The van der Waals surface area contributed by atoms with Crippen LogP contribution in [-0.2, 0) is 9.53 Å². The minimum absolute atomic E-state index is 0.321. The van der Waals surface area contributed by atoms with Crippen LogP contribution in [0, 0.1) is 0 Å². The van der Waals surface area contributed by atoms with Crippen LogP contribution in [0.1, 0.15) is 13.8 Å². The summed E-state index contributed by atoms with van der Waals surface area (Å²) >= 11 is 5.90. The summed E-state index contributed by atoms with van der Waals surface area (Å²) in [5.41, 5.74) is 6.08. The average molecular weight is 244 g/mol. The first-order valence-electron chi connectivity index (χ1n) is 4.93. The maximum Gasteiger partial charge on any atom is 0.347 e. The van der Waals surface area contributed by atoms with E-state index >= 15 is 0 Å². The first-order valence-corrected chi connectivity index (χ1v) is 5.30. The van der Waals surface area contributed by atoms with E-state index in [9.17, 15) is 4.79 Å². The molecule has 0 saturated carbocycles. The molecule has 0 radical (unpaired) electrons. The van der Waals surface area contributed by atoms with Gasteiger partial charge in [0.2, 0.25) is 0 Å². The SMILES string of the molecule is CCOC(=O)C(C)Oc1ccc(N)cc1Cl. The van der Waals surface area contributed by atoms with Gasteiger partial charge in [0.15, 0.2) is 6.10 Å². The molecule has 5 heteroatoms. The highest BCUT2D eigenvalue weighted by molar-refractivity contribution is 6.32. The van der Waals surface area contributed by atoms with Crippen LogP contribution in [-0.4, -0.2) is 18.7 Å². The molecule has 16 heavy (non-hydrogen) atoms. The standard InChI is InChI=1S/C11H14ClNO3/c1-3-15-11(14)7(2)16-10-5-4-8(13)6-9(10)12/h4-7H,3,13H2,1-2H3. The quantitative estimate of drug-likeness (QED) is 0.651. The number of ether oxygens (including phenoxy) is 2. The lowest BCUT2D eigenvalue weighted by atomic mass is 10.3. The van der Waals surface area contributed by atoms with Gasteiger partial charge >= 0.3 is 5.97 Å². The van der Waals surface area contributed by atoms with Gasteiger partial charge < -0.3 is 15.2 Å². The number of esters is 1. The molecule has 0 saturated heterocycles. The number of rotatable bonds is 4. The van der Waals surface area contributed by atoms with Gasteiger partial charge in [-0.05, 0) is 32.0 Å². The summed E-state index contributed by atoms with van der Waals surface area (Å²) in [6.45, 7) is 3.66. The molecule has 0 bridgehead atoms. The second kappa shape index (κ2) is 5.61. The van der Waals surface area contributed by atoms with Crippen molar-refractivity contribution in [1.29, 1.82) is 0 Å². The van der Waals surface area contributed by atoms with E-state index in [0.29, 0.717) is 23.1 Å². The highest BCUT2D eigenvalue weighted by Gasteiger charge is 2.16. The van der Waals surface area contributed by atoms with Gasteiger partial charge in [-0.25, -0.2) is 4.79 Å². The topological polar surface area (TPSA) is 61.5 Å². The zero-order chi connectivity index (χ0) is 12.1. The number of hydrogen-bond donors (Lipinski definition) is 1. The molecule has 1 aromatic carbocycles. The molecule has 0 fully saturated rings. The Morgan fingerprint density at radius 2 is 2.25 bits per heavy atom. The lowest BCUT2D eigenvalue weighted by Gasteiger charge is -2.14. The van der Waals surface area contributed by atoms with Crippen molar-refractivity contribution in [2.24, 2.45) is 0 Å². The Labute approximate surface area is 99.3 Å². The summed E-state index contributed by atoms with van der Waals surface area (Å²) in [5.74, 6) is -0.00758. The normalized spacial score (nSPS) is 11.9. The third-order valence-corrected chi connectivity index (χ3v) is 2.17. The minimum Gasteiger partial charge on any atom is -0.477 e. The van der Waals surface area contributed by atoms with E-state index in [-0.39, 0.29) is 0 Å². The monoisotopic (exact) mass is 243 g/mol. The summed E-state index contributed by atoms with van der Waals surface area (Å²) in [5, 5.41) is 0.371. The van der Waals surface area contributed by atoms with Crippen molar-refractivity contribution in [2.75, 3.05) is 12.3 Å². The van der Waals surface area contributed by atoms with Crippen LogP contribution in [0.3, 0.4) is 0 Å². The maximum atomic E-state index is 11.3. The molecule has 0 aliphatic heterocycles. The molecule has 1 unspecified atom stereocenters. The third-order valence-electron chi connectivity index (χ3n) is 1.88. The van der Waals surface area contributed by atoms with Crippen molar-refractivity contribution in [2.45, 2.75) is 20.0 Å². The Morgan fingerprint density at radius 3 is 2.81 bits per heavy atom. The summed E-state index contributed by atoms with van der Waals surface area (Å²) in [7, 11) is 0. The number of nitrogens with two attached hydrogens (primary N) is 1. The van der Waals surface area contributed by atoms with E-state index in [1.807, 2.05) is 0 Å². The Balaban J connectivity index is 2.69. The van der Waals surface area contributed by atoms with Crippen LogP contribution in [0.4, 0.5) is 5.69 Å². The fourth-order valence-corrected chi connectivity index (χ4v) is 1.34. The van der Waals surface area contributed by atoms with Crippen LogP contribution >= 0.6 is 11.6 Å². The number of carbonyl (C=O) groups is 1. The Hall–Kier alpha value is -1.42. The van der Waals surface area contributed by atoms with Gasteiger partial charge in [0.25, 0.3) is 0 Å². The van der Waals surface area contributed by atoms with Gasteiger partial charge in [-0.2, -0.15) is 0 Å². The predicted molar refractivity (Wildman–Crippen MR) is 62.6 cm³/mol. The first-order chi connectivity index (χ1) is 7.54. The molecule has 0 aromatic heterocycles. The van der Waals surface area contributed by atoms with Crippen molar-refractivity contribution in [3.8, 4) is 5.75 Å². The van der Waals surface area contributed by atoms with Gasteiger partial charge in [-0.15, -0.1) is 0 Å². The zero-order valence-corrected chi connectivity index (χ0v) is 9.95. The molecule has 0 aliphatic rings. The van der Waals surface area contributed by atoms with E-state index in [0.717, 1.165) is 0 Å². The summed E-state index contributed by atoms with van der Waals surface area (Å²) in [6, 6.07) is 4.83. The Morgan fingerprint density at radius 1 is 1.56 bits per heavy atom. The molecular weight excluding hydrogens is 230 g/mol.